The molecule has 0 aliphatic rings. The van der Waals surface area contributed by atoms with E-state index >= 15 is 0 Å². The van der Waals surface area contributed by atoms with Crippen LogP contribution in [-0.2, 0) is 6.54 Å². The highest BCUT2D eigenvalue weighted by molar-refractivity contribution is 6.09. The first-order chi connectivity index (χ1) is 12.4. The quantitative estimate of drug-likeness (QED) is 0.749. The first-order valence-corrected chi connectivity index (χ1v) is 8.30. The van der Waals surface area contributed by atoms with Crippen LogP contribution in [0, 0.1) is 11.7 Å². The number of hydrogen-bond acceptors (Lipinski definition) is 3. The third kappa shape index (κ3) is 3.31. The Bertz CT molecular complexity index is 1020. The maximum Gasteiger partial charge on any atom is 0.267 e. The van der Waals surface area contributed by atoms with Gasteiger partial charge >= 0.3 is 0 Å². The molecular weight excluding hydrogens is 335 g/mol. The summed E-state index contributed by atoms with van der Waals surface area (Å²) in [6.45, 7) is 4.34. The summed E-state index contributed by atoms with van der Waals surface area (Å²) in [5.74, 6) is -1.35. The van der Waals surface area contributed by atoms with Crippen molar-refractivity contribution in [3.63, 3.8) is 0 Å². The standard InChI is InChI=1S/C20H19FN2O3/c1-12(2)11-23-16-6-4-3-5-15(16)18(24)17(20(23)26)19(25)22-14-9-7-13(21)8-10-14/h3-10,12,24H,11H2,1-2H3,(H,22,25). The van der Waals surface area contributed by atoms with Crippen molar-refractivity contribution in [2.24, 2.45) is 5.92 Å². The van der Waals surface area contributed by atoms with Crippen molar-refractivity contribution < 1.29 is 14.3 Å². The van der Waals surface area contributed by atoms with Crippen molar-refractivity contribution in [3.8, 4) is 5.75 Å². The van der Waals surface area contributed by atoms with Crippen LogP contribution in [0.1, 0.15) is 24.2 Å². The second-order valence-electron chi connectivity index (χ2n) is 6.51. The molecule has 26 heavy (non-hydrogen) atoms. The van der Waals surface area contributed by atoms with Crippen LogP contribution in [-0.4, -0.2) is 15.6 Å². The molecule has 0 fully saturated rings. The second kappa shape index (κ2) is 7.00. The lowest BCUT2D eigenvalue weighted by Crippen LogP contribution is -2.31. The Balaban J connectivity index is 2.14. The predicted octanol–water partition coefficient (Wildman–Crippen LogP) is 3.75. The van der Waals surface area contributed by atoms with Crippen molar-refractivity contribution in [2.75, 3.05) is 5.32 Å². The molecule has 0 saturated carbocycles. The van der Waals surface area contributed by atoms with E-state index in [1.165, 1.54) is 28.8 Å². The summed E-state index contributed by atoms with van der Waals surface area (Å²) in [5.41, 5.74) is 0.0176. The van der Waals surface area contributed by atoms with Gasteiger partial charge in [-0.2, -0.15) is 0 Å². The molecule has 0 aliphatic heterocycles. The zero-order valence-corrected chi connectivity index (χ0v) is 14.5. The normalized spacial score (nSPS) is 11.1. The highest BCUT2D eigenvalue weighted by Crippen LogP contribution is 2.27. The molecule has 6 heteroatoms. The molecular formula is C20H19FN2O3. The molecule has 1 amide bonds. The number of carbonyl (C=O) groups is 1. The Labute approximate surface area is 149 Å². The number of pyridine rings is 1. The van der Waals surface area contributed by atoms with Crippen molar-refractivity contribution in [1.29, 1.82) is 0 Å². The van der Waals surface area contributed by atoms with Crippen LogP contribution in [0.2, 0.25) is 0 Å². The number of para-hydroxylation sites is 1. The molecule has 2 aromatic carbocycles. The molecule has 0 spiro atoms. The van der Waals surface area contributed by atoms with Gasteiger partial charge in [0, 0.05) is 17.6 Å². The monoisotopic (exact) mass is 354 g/mol. The van der Waals surface area contributed by atoms with Gasteiger partial charge in [-0.15, -0.1) is 0 Å². The number of rotatable bonds is 4. The number of amides is 1. The number of hydrogen-bond donors (Lipinski definition) is 2. The van der Waals surface area contributed by atoms with E-state index in [2.05, 4.69) is 5.32 Å². The fraction of sp³-hybridized carbons (Fsp3) is 0.200. The largest absolute Gasteiger partial charge is 0.506 e. The van der Waals surface area contributed by atoms with Crippen molar-refractivity contribution >= 4 is 22.5 Å². The smallest absolute Gasteiger partial charge is 0.267 e. The molecule has 0 atom stereocenters. The third-order valence-electron chi connectivity index (χ3n) is 4.02. The van der Waals surface area contributed by atoms with Gasteiger partial charge in [-0.3, -0.25) is 9.59 Å². The van der Waals surface area contributed by atoms with E-state index in [-0.39, 0.29) is 17.2 Å². The maximum absolute atomic E-state index is 13.0. The van der Waals surface area contributed by atoms with E-state index in [1.54, 1.807) is 24.3 Å². The Kier molecular flexibility index (Phi) is 4.75. The minimum Gasteiger partial charge on any atom is -0.506 e. The summed E-state index contributed by atoms with van der Waals surface area (Å²) >= 11 is 0. The van der Waals surface area contributed by atoms with Crippen LogP contribution in [0.5, 0.6) is 5.75 Å². The Hall–Kier alpha value is -3.15. The molecule has 0 unspecified atom stereocenters. The Morgan fingerprint density at radius 1 is 1.15 bits per heavy atom. The van der Waals surface area contributed by atoms with Gasteiger partial charge in [-0.05, 0) is 42.3 Å². The third-order valence-corrected chi connectivity index (χ3v) is 4.02. The van der Waals surface area contributed by atoms with Crippen LogP contribution in [0.25, 0.3) is 10.9 Å². The number of nitrogens with one attached hydrogen (secondary N) is 1. The SMILES string of the molecule is CC(C)Cn1c(=O)c(C(=O)Nc2ccc(F)cc2)c(O)c2ccccc21. The molecule has 5 nitrogen and oxygen atoms in total. The number of carbonyl (C=O) groups excluding carboxylic acids is 1. The lowest BCUT2D eigenvalue weighted by molar-refractivity contribution is 0.102. The first kappa shape index (κ1) is 17.7. The molecule has 134 valence electrons. The second-order valence-corrected chi connectivity index (χ2v) is 6.51. The van der Waals surface area contributed by atoms with E-state index in [0.717, 1.165) is 0 Å². The predicted molar refractivity (Wildman–Crippen MR) is 99.1 cm³/mol. The van der Waals surface area contributed by atoms with Crippen molar-refractivity contribution in [1.82, 2.24) is 4.57 Å². The summed E-state index contributed by atoms with van der Waals surface area (Å²) in [4.78, 5) is 25.6. The summed E-state index contributed by atoms with van der Waals surface area (Å²) in [6.07, 6.45) is 0. The number of fused-ring (bicyclic) bond motifs is 1. The van der Waals surface area contributed by atoms with Gasteiger partial charge in [-0.1, -0.05) is 26.0 Å². The maximum atomic E-state index is 13.0. The van der Waals surface area contributed by atoms with Gasteiger partial charge in [0.05, 0.1) is 5.52 Å². The summed E-state index contributed by atoms with van der Waals surface area (Å²) < 4.78 is 14.5. The summed E-state index contributed by atoms with van der Waals surface area (Å²) in [6, 6.07) is 12.1. The lowest BCUT2D eigenvalue weighted by Gasteiger charge is -2.16. The minimum absolute atomic E-state index is 0.175. The zero-order chi connectivity index (χ0) is 18.8. The van der Waals surface area contributed by atoms with Crippen molar-refractivity contribution in [3.05, 3.63) is 70.3 Å². The molecule has 3 rings (SSSR count). The topological polar surface area (TPSA) is 71.3 Å². The molecule has 3 aromatic rings. The van der Waals surface area contributed by atoms with Gasteiger partial charge in [0.1, 0.15) is 17.1 Å². The minimum atomic E-state index is -0.734. The highest BCUT2D eigenvalue weighted by atomic mass is 19.1. The molecule has 1 aromatic heterocycles. The first-order valence-electron chi connectivity index (χ1n) is 8.30. The van der Waals surface area contributed by atoms with Crippen LogP contribution >= 0.6 is 0 Å². The van der Waals surface area contributed by atoms with E-state index < -0.39 is 17.3 Å². The van der Waals surface area contributed by atoms with E-state index in [9.17, 15) is 19.1 Å². The summed E-state index contributed by atoms with van der Waals surface area (Å²) in [7, 11) is 0. The number of aromatic hydroxyl groups is 1. The molecule has 1 heterocycles. The fourth-order valence-electron chi connectivity index (χ4n) is 2.87. The van der Waals surface area contributed by atoms with Crippen LogP contribution in [0.4, 0.5) is 10.1 Å². The van der Waals surface area contributed by atoms with Crippen molar-refractivity contribution in [2.45, 2.75) is 20.4 Å². The average Bonchev–Trinajstić information content (AvgIpc) is 2.60. The van der Waals surface area contributed by atoms with Gasteiger partial charge in [0.15, 0.2) is 0 Å². The van der Waals surface area contributed by atoms with E-state index in [4.69, 9.17) is 0 Å². The van der Waals surface area contributed by atoms with Gasteiger partial charge in [0.2, 0.25) is 0 Å². The van der Waals surface area contributed by atoms with Gasteiger partial charge in [-0.25, -0.2) is 4.39 Å². The molecule has 0 radical (unpaired) electrons. The van der Waals surface area contributed by atoms with E-state index in [0.29, 0.717) is 23.1 Å². The van der Waals surface area contributed by atoms with Crippen LogP contribution in [0.15, 0.2) is 53.3 Å². The number of halogens is 1. The number of nitrogens with zero attached hydrogens (tertiary/aromatic N) is 1. The van der Waals surface area contributed by atoms with Crippen LogP contribution in [0.3, 0.4) is 0 Å². The zero-order valence-electron chi connectivity index (χ0n) is 14.5. The van der Waals surface area contributed by atoms with Gasteiger partial charge in [0.25, 0.3) is 11.5 Å². The number of anilines is 1. The molecule has 0 bridgehead atoms. The Morgan fingerprint density at radius 3 is 2.46 bits per heavy atom. The van der Waals surface area contributed by atoms with Crippen LogP contribution < -0.4 is 10.9 Å². The molecule has 2 N–H and O–H groups in total. The van der Waals surface area contributed by atoms with Gasteiger partial charge < -0.3 is 15.0 Å². The average molecular weight is 354 g/mol. The fourth-order valence-corrected chi connectivity index (χ4v) is 2.87. The Morgan fingerprint density at radius 2 is 1.81 bits per heavy atom. The lowest BCUT2D eigenvalue weighted by atomic mass is 10.1. The molecule has 0 saturated heterocycles. The number of aromatic nitrogens is 1. The molecule has 0 aliphatic carbocycles. The van der Waals surface area contributed by atoms with E-state index in [1.807, 2.05) is 13.8 Å². The number of benzene rings is 2. The highest BCUT2D eigenvalue weighted by Gasteiger charge is 2.22. The summed E-state index contributed by atoms with van der Waals surface area (Å²) in [5, 5.41) is 13.5.